The van der Waals surface area contributed by atoms with Crippen LogP contribution in [0.4, 0.5) is 24.0 Å². The molecule has 5 aliphatic rings. The Kier molecular flexibility index (Phi) is 10.5. The van der Waals surface area contributed by atoms with Crippen molar-refractivity contribution >= 4 is 55.9 Å². The van der Waals surface area contributed by atoms with Crippen LogP contribution >= 0.6 is 11.3 Å². The van der Waals surface area contributed by atoms with Gasteiger partial charge in [-0.15, -0.1) is 0 Å². The smallest absolute Gasteiger partial charge is 0.386 e. The van der Waals surface area contributed by atoms with E-state index in [4.69, 9.17) is 4.98 Å². The van der Waals surface area contributed by atoms with Crippen molar-refractivity contribution < 1.29 is 37.5 Å². The molecule has 1 unspecified atom stereocenters. The summed E-state index contributed by atoms with van der Waals surface area (Å²) in [4.78, 5) is 67.2. The molecule has 2 aromatic heterocycles. The maximum Gasteiger partial charge on any atom is 0.433 e. The first-order chi connectivity index (χ1) is 28.9. The number of likely N-dealkylation sites (tertiary alicyclic amines) is 1. The van der Waals surface area contributed by atoms with Gasteiger partial charge in [0.1, 0.15) is 11.4 Å². The Balaban J connectivity index is 0.753. The molecule has 0 bridgehead atoms. The molecule has 11 nitrogen and oxygen atoms in total. The van der Waals surface area contributed by atoms with Crippen molar-refractivity contribution in [2.45, 2.75) is 89.5 Å². The molecular weight excluding hydrogens is 806 g/mol. The number of carbonyl (C=O) groups is 4. The summed E-state index contributed by atoms with van der Waals surface area (Å²) in [6, 6.07) is 11.4. The largest absolute Gasteiger partial charge is 0.433 e. The molecule has 320 valence electrons. The molecule has 3 aliphatic heterocycles. The zero-order valence-corrected chi connectivity index (χ0v) is 35.1. The van der Waals surface area contributed by atoms with Crippen LogP contribution in [-0.4, -0.2) is 87.1 Å². The second kappa shape index (κ2) is 15.4. The van der Waals surface area contributed by atoms with Gasteiger partial charge in [0, 0.05) is 43.2 Å². The van der Waals surface area contributed by atoms with Gasteiger partial charge < -0.3 is 20.2 Å². The van der Waals surface area contributed by atoms with E-state index in [-0.39, 0.29) is 35.4 Å². The second-order valence-electron chi connectivity index (χ2n) is 18.4. The van der Waals surface area contributed by atoms with Crippen molar-refractivity contribution in [3.63, 3.8) is 0 Å². The predicted molar refractivity (Wildman–Crippen MR) is 226 cm³/mol. The maximum atomic E-state index is 13.6. The summed E-state index contributed by atoms with van der Waals surface area (Å²) < 4.78 is 40.5. The highest BCUT2D eigenvalue weighted by Gasteiger charge is 2.47. The Morgan fingerprint density at radius 2 is 1.74 bits per heavy atom. The van der Waals surface area contributed by atoms with Crippen LogP contribution < -0.4 is 10.2 Å². The minimum absolute atomic E-state index is 0.106. The van der Waals surface area contributed by atoms with Crippen LogP contribution in [0.1, 0.15) is 113 Å². The number of nitrogens with zero attached hydrogens (tertiary/aromatic N) is 5. The average Bonchev–Trinajstić information content (AvgIpc) is 3.71. The molecular formula is C46H49F3N6O5S. The Labute approximate surface area is 356 Å². The van der Waals surface area contributed by atoms with Crippen molar-refractivity contribution in [2.24, 2.45) is 17.3 Å². The van der Waals surface area contributed by atoms with Crippen LogP contribution in [0.15, 0.2) is 60.7 Å². The van der Waals surface area contributed by atoms with Gasteiger partial charge >= 0.3 is 6.18 Å². The number of hydrogen-bond donors (Lipinski definition) is 2. The van der Waals surface area contributed by atoms with E-state index in [0.717, 1.165) is 78.7 Å². The number of Topliss-reactive ketones (excluding diaryl/α,β-unsaturated/α-hetero) is 1. The summed E-state index contributed by atoms with van der Waals surface area (Å²) >= 11 is 1.47. The second-order valence-corrected chi connectivity index (χ2v) is 19.4. The predicted octanol–water partition coefficient (Wildman–Crippen LogP) is 8.02. The molecule has 61 heavy (non-hydrogen) atoms. The molecule has 0 radical (unpaired) electrons. The van der Waals surface area contributed by atoms with Crippen molar-refractivity contribution in [3.05, 3.63) is 94.3 Å². The van der Waals surface area contributed by atoms with E-state index < -0.39 is 29.4 Å². The van der Waals surface area contributed by atoms with E-state index in [0.29, 0.717) is 52.3 Å². The lowest BCUT2D eigenvalue weighted by atomic mass is 9.56. The zero-order valence-electron chi connectivity index (χ0n) is 34.3. The summed E-state index contributed by atoms with van der Waals surface area (Å²) in [5, 5.41) is 14.5. The van der Waals surface area contributed by atoms with Gasteiger partial charge in [0.25, 0.3) is 17.7 Å². The molecule has 4 fully saturated rings. The number of aliphatic hydroxyl groups is 1. The summed E-state index contributed by atoms with van der Waals surface area (Å²) in [6.07, 6.45) is 3.06. The lowest BCUT2D eigenvalue weighted by Crippen LogP contribution is -2.54. The van der Waals surface area contributed by atoms with E-state index in [1.807, 2.05) is 12.1 Å². The molecule has 5 heterocycles. The third-order valence-corrected chi connectivity index (χ3v) is 14.6. The van der Waals surface area contributed by atoms with Crippen LogP contribution in [0.25, 0.3) is 10.2 Å². The van der Waals surface area contributed by atoms with Crippen LogP contribution in [0, 0.1) is 17.3 Å². The first-order valence-corrected chi connectivity index (χ1v) is 22.0. The molecule has 2 aliphatic carbocycles. The van der Waals surface area contributed by atoms with Gasteiger partial charge in [-0.05, 0) is 126 Å². The molecule has 2 saturated carbocycles. The van der Waals surface area contributed by atoms with Gasteiger partial charge in [-0.1, -0.05) is 41.7 Å². The van der Waals surface area contributed by atoms with Gasteiger partial charge in [-0.25, -0.2) is 9.97 Å². The van der Waals surface area contributed by atoms with Gasteiger partial charge in [0.05, 0.1) is 33.0 Å². The number of benzene rings is 2. The number of carbonyl (C=O) groups excluding carboxylic acids is 4. The molecule has 4 aromatic rings. The monoisotopic (exact) mass is 854 g/mol. The van der Waals surface area contributed by atoms with Crippen LogP contribution in [0.3, 0.4) is 0 Å². The average molecular weight is 855 g/mol. The fourth-order valence-electron chi connectivity index (χ4n) is 10.3. The number of aryl methyl sites for hydroxylation is 1. The number of ketones is 1. The third-order valence-electron chi connectivity index (χ3n) is 13.5. The first-order valence-electron chi connectivity index (χ1n) is 21.1. The number of pyridine rings is 1. The number of piperidine rings is 1. The highest BCUT2D eigenvalue weighted by molar-refractivity contribution is 7.22. The number of nitrogens with one attached hydrogen (secondary N) is 1. The van der Waals surface area contributed by atoms with E-state index >= 15 is 0 Å². The normalized spacial score (nSPS) is 21.3. The molecule has 1 atom stereocenters. The van der Waals surface area contributed by atoms with Gasteiger partial charge in [0.15, 0.2) is 10.9 Å². The number of hydrogen-bond acceptors (Lipinski definition) is 10. The molecule has 2 N–H and O–H groups in total. The number of halogens is 3. The molecule has 2 saturated heterocycles. The Morgan fingerprint density at radius 1 is 1.00 bits per heavy atom. The number of allylic oxidation sites excluding steroid dienone is 1. The lowest BCUT2D eigenvalue weighted by molar-refractivity contribution is -0.141. The number of anilines is 2. The Morgan fingerprint density at radius 3 is 2.44 bits per heavy atom. The number of rotatable bonds is 10. The minimum Gasteiger partial charge on any atom is -0.386 e. The topological polar surface area (TPSA) is 136 Å². The standard InChI is InChI=1S/C46H49F3N6O5S/c1-26-10-13-35(36(56)18-26)55-41(58)30-7-4-6-29(39(30)42(55)59)12-11-27-21-45(22-27)14-16-53(17-15-45)23-28-24-54(25-28)43-52-34-19-31(44(2,3)60)33(20-37(34)61-43)51-40(57)32-8-5-9-38(50-32)46(47,48)49/h4-9,19-20,27-28,35,60H,1,10-18,21-25H2,2-3H3,(H,51,57). The number of amides is 3. The number of alkyl halides is 3. The molecule has 15 heteroatoms. The fraction of sp³-hybridized carbons (Fsp3) is 0.478. The minimum atomic E-state index is -4.69. The van der Waals surface area contributed by atoms with E-state index in [2.05, 4.69) is 26.7 Å². The summed E-state index contributed by atoms with van der Waals surface area (Å²) in [7, 11) is 0. The van der Waals surface area contributed by atoms with Crippen LogP contribution in [0.2, 0.25) is 0 Å². The zero-order chi connectivity index (χ0) is 43.0. The number of aromatic nitrogens is 2. The SMILES string of the molecule is C=C1CCC(N2C(=O)c3cccc(CCC4CC5(CCN(CC6CN(c7nc8cc(C(C)(C)O)c(NC(=O)c9cccc(C(F)(F)F)n9)cc8s7)C6)CC5)C4)c3C2=O)C(=O)C1. The number of fused-ring (bicyclic) bond motifs is 2. The number of imide groups is 1. The highest BCUT2D eigenvalue weighted by Crippen LogP contribution is 2.54. The lowest BCUT2D eigenvalue weighted by Gasteiger charge is -2.53. The molecule has 9 rings (SSSR count). The molecule has 3 amide bonds. The van der Waals surface area contributed by atoms with E-state index in [9.17, 15) is 37.5 Å². The van der Waals surface area contributed by atoms with Crippen molar-refractivity contribution in [3.8, 4) is 0 Å². The van der Waals surface area contributed by atoms with Crippen molar-refractivity contribution in [1.82, 2.24) is 19.8 Å². The number of thiazole rings is 1. The van der Waals surface area contributed by atoms with Crippen LogP contribution in [0.5, 0.6) is 0 Å². The van der Waals surface area contributed by atoms with Crippen LogP contribution in [-0.2, 0) is 23.0 Å². The van der Waals surface area contributed by atoms with Gasteiger partial charge in [-0.2, -0.15) is 13.2 Å². The fourth-order valence-corrected chi connectivity index (χ4v) is 11.3. The quantitative estimate of drug-likeness (QED) is 0.120. The summed E-state index contributed by atoms with van der Waals surface area (Å²) in [6.45, 7) is 12.0. The third kappa shape index (κ3) is 8.00. The van der Waals surface area contributed by atoms with Gasteiger partial charge in [0.2, 0.25) is 0 Å². The van der Waals surface area contributed by atoms with Crippen molar-refractivity contribution in [1.29, 1.82) is 0 Å². The Bertz CT molecular complexity index is 2450. The maximum absolute atomic E-state index is 13.6. The first kappa shape index (κ1) is 41.4. The summed E-state index contributed by atoms with van der Waals surface area (Å²) in [5.41, 5.74) is 1.46. The molecule has 1 spiro atoms. The highest BCUT2D eigenvalue weighted by atomic mass is 32.1. The van der Waals surface area contributed by atoms with E-state index in [1.54, 1.807) is 32.0 Å². The van der Waals surface area contributed by atoms with Crippen molar-refractivity contribution in [2.75, 3.05) is 42.9 Å². The van der Waals surface area contributed by atoms with Gasteiger partial charge in [-0.3, -0.25) is 24.1 Å². The van der Waals surface area contributed by atoms with E-state index in [1.165, 1.54) is 48.0 Å². The summed E-state index contributed by atoms with van der Waals surface area (Å²) in [5.74, 6) is -0.508. The Hall–Kier alpha value is -4.99. The molecule has 2 aromatic carbocycles.